The smallest absolute Gasteiger partial charge is 0.0571 e. The van der Waals surface area contributed by atoms with Crippen molar-refractivity contribution >= 4 is 0 Å². The lowest BCUT2D eigenvalue weighted by molar-refractivity contribution is 0.0593. The Hall–Kier alpha value is -0.0800. The van der Waals surface area contributed by atoms with E-state index in [1.807, 2.05) is 7.11 Å². The van der Waals surface area contributed by atoms with Crippen molar-refractivity contribution in [3.63, 3.8) is 0 Å². The zero-order valence-electron chi connectivity index (χ0n) is 6.89. The topological polar surface area (TPSA) is 40.7 Å². The first-order valence-electron chi connectivity index (χ1n) is 3.85. The van der Waals surface area contributed by atoms with E-state index in [0.717, 1.165) is 5.92 Å². The molecule has 10 heavy (non-hydrogen) atoms. The van der Waals surface area contributed by atoms with E-state index < -0.39 is 0 Å². The fraction of sp³-hybridized carbons (Fsp3) is 1.00. The Morgan fingerprint density at radius 1 is 1.10 bits per heavy atom. The molecule has 62 valence electrons. The molecule has 0 atom stereocenters. The third kappa shape index (κ3) is 2.67. The van der Waals surface area contributed by atoms with Crippen LogP contribution in [0.1, 0.15) is 32.6 Å². The normalized spacial score (nSPS) is 33.0. The molecule has 2 heteroatoms. The molecule has 1 saturated carbocycles. The Labute approximate surface area is 62.9 Å². The molecule has 2 nitrogen and oxygen atoms in total. The molecule has 0 spiro atoms. The predicted octanol–water partition coefficient (Wildman–Crippen LogP) is 1.39. The van der Waals surface area contributed by atoms with Gasteiger partial charge < -0.3 is 10.2 Å². The first-order chi connectivity index (χ1) is 4.33. The highest BCUT2D eigenvalue weighted by Crippen LogP contribution is 2.24. The van der Waals surface area contributed by atoms with Crippen molar-refractivity contribution in [2.45, 2.75) is 38.7 Å². The summed E-state index contributed by atoms with van der Waals surface area (Å²) in [6.07, 6.45) is 5.84. The van der Waals surface area contributed by atoms with Crippen molar-refractivity contribution in [1.82, 2.24) is 0 Å². The van der Waals surface area contributed by atoms with E-state index in [9.17, 15) is 0 Å². The van der Waals surface area contributed by atoms with Gasteiger partial charge in [-0.05, 0) is 31.6 Å². The highest BCUT2D eigenvalue weighted by Gasteiger charge is 2.16. The van der Waals surface area contributed by atoms with Crippen molar-refractivity contribution in [1.29, 1.82) is 0 Å². The van der Waals surface area contributed by atoms with Crippen LogP contribution in [-0.2, 0) is 4.74 Å². The summed E-state index contributed by atoms with van der Waals surface area (Å²) in [4.78, 5) is 0. The maximum atomic E-state index is 5.24. The van der Waals surface area contributed by atoms with Gasteiger partial charge in [0.1, 0.15) is 0 Å². The van der Waals surface area contributed by atoms with Crippen molar-refractivity contribution in [3.05, 3.63) is 0 Å². The molecule has 1 aliphatic carbocycles. The van der Waals surface area contributed by atoms with Crippen molar-refractivity contribution < 1.29 is 10.2 Å². The van der Waals surface area contributed by atoms with Crippen LogP contribution in [0.4, 0.5) is 0 Å². The lowest BCUT2D eigenvalue weighted by Crippen LogP contribution is -2.18. The van der Waals surface area contributed by atoms with Gasteiger partial charge in [-0.3, -0.25) is 0 Å². The predicted molar refractivity (Wildman–Crippen MR) is 42.0 cm³/mol. The Bertz CT molecular complexity index is 75.3. The minimum atomic E-state index is 0. The lowest BCUT2D eigenvalue weighted by Gasteiger charge is -2.24. The van der Waals surface area contributed by atoms with Crippen molar-refractivity contribution in [2.75, 3.05) is 7.11 Å². The van der Waals surface area contributed by atoms with Crippen molar-refractivity contribution in [3.8, 4) is 0 Å². The molecule has 0 bridgehead atoms. The van der Waals surface area contributed by atoms with Crippen LogP contribution in [0, 0.1) is 5.92 Å². The van der Waals surface area contributed by atoms with Crippen LogP contribution in [0.15, 0.2) is 0 Å². The second-order valence-corrected chi connectivity index (χ2v) is 3.12. The summed E-state index contributed by atoms with van der Waals surface area (Å²) in [5.74, 6) is 0.941. The number of hydrogen-bond acceptors (Lipinski definition) is 1. The Morgan fingerprint density at radius 3 is 2.00 bits per heavy atom. The highest BCUT2D eigenvalue weighted by molar-refractivity contribution is 4.68. The molecule has 0 aromatic carbocycles. The van der Waals surface area contributed by atoms with Crippen LogP contribution in [0.3, 0.4) is 0 Å². The van der Waals surface area contributed by atoms with Gasteiger partial charge in [0.25, 0.3) is 0 Å². The molecule has 0 unspecified atom stereocenters. The van der Waals surface area contributed by atoms with E-state index in [1.165, 1.54) is 25.7 Å². The SMILES string of the molecule is COC1CCC(C)CC1.O. The minimum absolute atomic E-state index is 0. The fourth-order valence-corrected chi connectivity index (χ4v) is 1.47. The van der Waals surface area contributed by atoms with Gasteiger partial charge in [0, 0.05) is 7.11 Å². The van der Waals surface area contributed by atoms with E-state index in [2.05, 4.69) is 6.92 Å². The highest BCUT2D eigenvalue weighted by atomic mass is 16.5. The standard InChI is InChI=1S/C8H16O.H2O/c1-7-3-5-8(9-2)6-4-7;/h7-8H,3-6H2,1-2H3;1H2. The third-order valence-electron chi connectivity index (χ3n) is 2.30. The molecule has 0 amide bonds. The third-order valence-corrected chi connectivity index (χ3v) is 2.30. The molecule has 0 saturated heterocycles. The van der Waals surface area contributed by atoms with Crippen LogP contribution < -0.4 is 0 Å². The average molecular weight is 146 g/mol. The Morgan fingerprint density at radius 2 is 1.60 bits per heavy atom. The maximum Gasteiger partial charge on any atom is 0.0571 e. The van der Waals surface area contributed by atoms with Crippen LogP contribution in [0.25, 0.3) is 0 Å². The molecule has 1 aliphatic rings. The van der Waals surface area contributed by atoms with Gasteiger partial charge in [-0.25, -0.2) is 0 Å². The molecular weight excluding hydrogens is 128 g/mol. The summed E-state index contributed by atoms with van der Waals surface area (Å²) in [7, 11) is 1.82. The van der Waals surface area contributed by atoms with Crippen LogP contribution in [0.5, 0.6) is 0 Å². The van der Waals surface area contributed by atoms with Gasteiger partial charge in [-0.15, -0.1) is 0 Å². The fourth-order valence-electron chi connectivity index (χ4n) is 1.47. The van der Waals surface area contributed by atoms with Crippen LogP contribution in [-0.4, -0.2) is 18.7 Å². The summed E-state index contributed by atoms with van der Waals surface area (Å²) < 4.78 is 5.24. The molecule has 0 aliphatic heterocycles. The van der Waals surface area contributed by atoms with Crippen LogP contribution in [0.2, 0.25) is 0 Å². The minimum Gasteiger partial charge on any atom is -0.412 e. The molecule has 1 rings (SSSR count). The largest absolute Gasteiger partial charge is 0.412 e. The second kappa shape index (κ2) is 4.69. The van der Waals surface area contributed by atoms with E-state index in [-0.39, 0.29) is 5.48 Å². The van der Waals surface area contributed by atoms with Gasteiger partial charge in [-0.1, -0.05) is 6.92 Å². The van der Waals surface area contributed by atoms with Gasteiger partial charge in [0.2, 0.25) is 0 Å². The Balaban J connectivity index is 0.000000810. The quantitative estimate of drug-likeness (QED) is 0.551. The maximum absolute atomic E-state index is 5.24. The lowest BCUT2D eigenvalue weighted by atomic mass is 9.89. The van der Waals surface area contributed by atoms with E-state index in [0.29, 0.717) is 6.10 Å². The average Bonchev–Trinajstić information content (AvgIpc) is 1.90. The molecule has 0 radical (unpaired) electrons. The van der Waals surface area contributed by atoms with Gasteiger partial charge in [0.15, 0.2) is 0 Å². The van der Waals surface area contributed by atoms with Gasteiger partial charge in [0.05, 0.1) is 6.10 Å². The molecular formula is C8H18O2. The number of hydrogen-bond donors (Lipinski definition) is 0. The molecule has 0 aromatic heterocycles. The van der Waals surface area contributed by atoms with Gasteiger partial charge >= 0.3 is 0 Å². The van der Waals surface area contributed by atoms with Gasteiger partial charge in [-0.2, -0.15) is 0 Å². The first kappa shape index (κ1) is 9.92. The second-order valence-electron chi connectivity index (χ2n) is 3.12. The number of ether oxygens (including phenoxy) is 1. The monoisotopic (exact) mass is 146 g/mol. The first-order valence-corrected chi connectivity index (χ1v) is 3.85. The summed E-state index contributed by atoms with van der Waals surface area (Å²) >= 11 is 0. The summed E-state index contributed by atoms with van der Waals surface area (Å²) in [6, 6.07) is 0. The van der Waals surface area contributed by atoms with E-state index >= 15 is 0 Å². The number of methoxy groups -OCH3 is 1. The molecule has 0 heterocycles. The zero-order valence-corrected chi connectivity index (χ0v) is 6.89. The molecule has 0 aromatic rings. The van der Waals surface area contributed by atoms with Crippen molar-refractivity contribution in [2.24, 2.45) is 5.92 Å². The zero-order chi connectivity index (χ0) is 6.69. The summed E-state index contributed by atoms with van der Waals surface area (Å²) in [6.45, 7) is 2.33. The Kier molecular flexibility index (Phi) is 4.65. The van der Waals surface area contributed by atoms with E-state index in [4.69, 9.17) is 4.74 Å². The van der Waals surface area contributed by atoms with E-state index in [1.54, 1.807) is 0 Å². The number of rotatable bonds is 1. The molecule has 1 fully saturated rings. The summed E-state index contributed by atoms with van der Waals surface area (Å²) in [5, 5.41) is 0. The summed E-state index contributed by atoms with van der Waals surface area (Å²) in [5.41, 5.74) is 0. The molecule has 2 N–H and O–H groups in total. The van der Waals surface area contributed by atoms with Crippen LogP contribution >= 0.6 is 0 Å².